The van der Waals surface area contributed by atoms with Gasteiger partial charge in [-0.2, -0.15) is 5.10 Å². The van der Waals surface area contributed by atoms with Crippen LogP contribution < -0.4 is 21.7 Å². The van der Waals surface area contributed by atoms with E-state index in [2.05, 4.69) is 20.7 Å². The minimum absolute atomic E-state index is 0.126. The van der Waals surface area contributed by atoms with Crippen molar-refractivity contribution in [2.45, 2.75) is 19.4 Å². The third kappa shape index (κ3) is 4.66. The number of anilines is 2. The summed E-state index contributed by atoms with van der Waals surface area (Å²) >= 11 is 12.1. The van der Waals surface area contributed by atoms with Crippen LogP contribution >= 0.6 is 23.2 Å². The number of nitrogens with zero attached hydrogens (tertiary/aromatic N) is 3. The fourth-order valence-electron chi connectivity index (χ4n) is 3.04. The predicted octanol–water partition coefficient (Wildman–Crippen LogP) is 2.92. The highest BCUT2D eigenvalue weighted by Gasteiger charge is 2.24. The normalized spacial score (nSPS) is 13.1. The maximum atomic E-state index is 12.9. The number of nitrogens with one attached hydrogen (secondary N) is 2. The maximum absolute atomic E-state index is 12.9. The second-order valence-corrected chi connectivity index (χ2v) is 8.12. The second kappa shape index (κ2) is 8.49. The highest BCUT2D eigenvalue weighted by atomic mass is 35.5. The number of urea groups is 1. The summed E-state index contributed by atoms with van der Waals surface area (Å²) in [6.45, 7) is 0.525. The molecule has 1 saturated carbocycles. The fourth-order valence-corrected chi connectivity index (χ4v) is 3.50. The fraction of sp³-hybridized carbons (Fsp3) is 0.200. The first-order valence-electron chi connectivity index (χ1n) is 9.47. The number of carbonyl (C=O) groups excluding carboxylic acids is 1. The molecule has 2 amide bonds. The van der Waals surface area contributed by atoms with Crippen molar-refractivity contribution < 1.29 is 4.79 Å². The molecule has 1 fully saturated rings. The smallest absolute Gasteiger partial charge is 0.305 e. The molecule has 0 radical (unpaired) electrons. The highest BCUT2D eigenvalue weighted by molar-refractivity contribution is 6.39. The summed E-state index contributed by atoms with van der Waals surface area (Å²) in [5.74, 6) is 0.444. The first-order chi connectivity index (χ1) is 14.4. The van der Waals surface area contributed by atoms with Crippen LogP contribution in [-0.2, 0) is 6.54 Å². The van der Waals surface area contributed by atoms with Crippen molar-refractivity contribution in [2.24, 2.45) is 5.92 Å². The number of amides is 2. The van der Waals surface area contributed by atoms with E-state index in [1.54, 1.807) is 6.07 Å². The molecule has 152 valence electrons. The number of halogens is 2. The molecule has 4 rings (SSSR count). The molecule has 7 nitrogen and oxygen atoms in total. The number of rotatable bonds is 5. The van der Waals surface area contributed by atoms with Gasteiger partial charge >= 0.3 is 6.03 Å². The van der Waals surface area contributed by atoms with Crippen LogP contribution in [0.2, 0.25) is 10.0 Å². The maximum Gasteiger partial charge on any atom is 0.323 e. The van der Waals surface area contributed by atoms with Crippen molar-refractivity contribution >= 4 is 53.9 Å². The lowest BCUT2D eigenvalue weighted by Gasteiger charge is -2.13. The molecule has 3 aromatic rings. The second-order valence-electron chi connectivity index (χ2n) is 7.30. The highest BCUT2D eigenvalue weighted by Crippen LogP contribution is 2.31. The molecule has 0 unspecified atom stereocenters. The number of benzene rings is 1. The summed E-state index contributed by atoms with van der Waals surface area (Å²) in [5, 5.41) is 10.1. The van der Waals surface area contributed by atoms with Gasteiger partial charge in [0, 0.05) is 24.5 Å². The van der Waals surface area contributed by atoms with E-state index in [1.807, 2.05) is 32.1 Å². The van der Waals surface area contributed by atoms with Crippen molar-refractivity contribution in [1.29, 1.82) is 0 Å². The minimum atomic E-state index is -0.638. The van der Waals surface area contributed by atoms with Crippen molar-refractivity contribution in [3.63, 3.8) is 0 Å². The van der Waals surface area contributed by atoms with E-state index in [0.717, 1.165) is 23.9 Å². The first kappa shape index (κ1) is 20.4. The molecular weight excluding hydrogens is 424 g/mol. The van der Waals surface area contributed by atoms with E-state index in [1.165, 1.54) is 17.1 Å². The Labute approximate surface area is 183 Å². The zero-order chi connectivity index (χ0) is 21.3. The van der Waals surface area contributed by atoms with Gasteiger partial charge in [0.25, 0.3) is 5.56 Å². The van der Waals surface area contributed by atoms with E-state index in [0.29, 0.717) is 18.2 Å². The van der Waals surface area contributed by atoms with Gasteiger partial charge < -0.3 is 10.6 Å². The van der Waals surface area contributed by atoms with Crippen LogP contribution in [0.25, 0.3) is 11.3 Å². The summed E-state index contributed by atoms with van der Waals surface area (Å²) in [4.78, 5) is 29.3. The molecule has 30 heavy (non-hydrogen) atoms. The molecular formula is C20H18BCl2N5O2. The number of hydrogen-bond acceptors (Lipinski definition) is 4. The van der Waals surface area contributed by atoms with E-state index in [9.17, 15) is 9.59 Å². The Morgan fingerprint density at radius 3 is 2.57 bits per heavy atom. The lowest BCUT2D eigenvalue weighted by Crippen LogP contribution is -2.30. The first-order valence-corrected chi connectivity index (χ1v) is 10.2. The van der Waals surface area contributed by atoms with E-state index >= 15 is 0 Å². The molecule has 1 aliphatic rings. The third-order valence-corrected chi connectivity index (χ3v) is 5.33. The van der Waals surface area contributed by atoms with Gasteiger partial charge in [-0.05, 0) is 24.8 Å². The Balaban J connectivity index is 1.66. The molecule has 2 aromatic heterocycles. The summed E-state index contributed by atoms with van der Waals surface area (Å²) < 4.78 is 1.43. The molecule has 0 aliphatic heterocycles. The average molecular weight is 442 g/mol. The largest absolute Gasteiger partial charge is 0.323 e. The van der Waals surface area contributed by atoms with Gasteiger partial charge in [0.05, 0.1) is 21.4 Å². The average Bonchev–Trinajstić information content (AvgIpc) is 3.52. The van der Waals surface area contributed by atoms with Crippen LogP contribution in [0.3, 0.4) is 0 Å². The quantitative estimate of drug-likeness (QED) is 0.595. The Kier molecular flexibility index (Phi) is 5.79. The topological polar surface area (TPSA) is 88.9 Å². The lowest BCUT2D eigenvalue weighted by atomic mass is 9.93. The van der Waals surface area contributed by atoms with Crippen molar-refractivity contribution in [2.75, 3.05) is 10.6 Å². The van der Waals surface area contributed by atoms with Gasteiger partial charge in [-0.1, -0.05) is 52.9 Å². The molecule has 0 atom stereocenters. The van der Waals surface area contributed by atoms with Gasteiger partial charge in [-0.15, -0.1) is 0 Å². The van der Waals surface area contributed by atoms with E-state index in [4.69, 9.17) is 23.2 Å². The number of carbonyl (C=O) groups is 1. The Hall–Kier alpha value is -2.84. The monoisotopic (exact) mass is 441 g/mol. The molecule has 10 heteroatoms. The van der Waals surface area contributed by atoms with E-state index in [-0.39, 0.29) is 27.0 Å². The van der Waals surface area contributed by atoms with Crippen molar-refractivity contribution in [3.8, 4) is 11.3 Å². The van der Waals surface area contributed by atoms with Gasteiger partial charge in [-0.25, -0.2) is 9.48 Å². The predicted molar refractivity (Wildman–Crippen MR) is 122 cm³/mol. The standard InChI is InChI=1S/C20H18BCl2N5O2/c21-13-3-1-2-12(6-13)16-7-17(19(29)28(27-16)10-11-4-5-11)25-20(30)26-18-14(22)8-24-9-15(18)23/h1-3,6-9,11H,4-5,10,21H2,(H2,24,25,26,30). The third-order valence-electron chi connectivity index (χ3n) is 4.76. The molecule has 0 spiro atoms. The van der Waals surface area contributed by atoms with Crippen LogP contribution in [0.15, 0.2) is 47.5 Å². The number of hydrogen-bond donors (Lipinski definition) is 2. The SMILES string of the molecule is Bc1cccc(-c2cc(NC(=O)Nc3c(Cl)cncc3Cl)c(=O)n(CC3CC3)n2)c1. The molecule has 1 aliphatic carbocycles. The molecule has 2 heterocycles. The van der Waals surface area contributed by atoms with Crippen LogP contribution in [0.5, 0.6) is 0 Å². The van der Waals surface area contributed by atoms with Crippen LogP contribution in [0, 0.1) is 5.92 Å². The molecule has 1 aromatic carbocycles. The van der Waals surface area contributed by atoms with Crippen molar-refractivity contribution in [3.05, 3.63) is 63.1 Å². The van der Waals surface area contributed by atoms with Crippen molar-refractivity contribution in [1.82, 2.24) is 14.8 Å². The number of aromatic nitrogens is 3. The zero-order valence-corrected chi connectivity index (χ0v) is 17.7. The summed E-state index contributed by atoms with van der Waals surface area (Å²) in [7, 11) is 1.98. The van der Waals surface area contributed by atoms with Crippen LogP contribution in [-0.4, -0.2) is 28.6 Å². The van der Waals surface area contributed by atoms with Gasteiger partial charge in [0.15, 0.2) is 0 Å². The number of pyridine rings is 1. The van der Waals surface area contributed by atoms with Gasteiger partial charge in [0.2, 0.25) is 0 Å². The van der Waals surface area contributed by atoms with E-state index < -0.39 is 6.03 Å². The molecule has 0 bridgehead atoms. The molecule has 2 N–H and O–H groups in total. The van der Waals surface area contributed by atoms with Gasteiger partial charge in [-0.3, -0.25) is 9.78 Å². The minimum Gasteiger partial charge on any atom is -0.305 e. The Bertz CT molecular complexity index is 1160. The van der Waals surface area contributed by atoms with Crippen LogP contribution in [0.4, 0.5) is 16.2 Å². The Morgan fingerprint density at radius 1 is 1.17 bits per heavy atom. The summed E-state index contributed by atoms with van der Waals surface area (Å²) in [5.41, 5.74) is 2.53. The summed E-state index contributed by atoms with van der Waals surface area (Å²) in [6.07, 6.45) is 4.89. The van der Waals surface area contributed by atoms with Crippen LogP contribution in [0.1, 0.15) is 12.8 Å². The lowest BCUT2D eigenvalue weighted by molar-refractivity contribution is 0.262. The Morgan fingerprint density at radius 2 is 1.90 bits per heavy atom. The summed E-state index contributed by atoms with van der Waals surface area (Å²) in [6, 6.07) is 8.75. The van der Waals surface area contributed by atoms with Gasteiger partial charge in [0.1, 0.15) is 13.5 Å². The molecule has 0 saturated heterocycles. The zero-order valence-electron chi connectivity index (χ0n) is 16.2.